The van der Waals surface area contributed by atoms with E-state index in [2.05, 4.69) is 0 Å². The second-order valence-corrected chi connectivity index (χ2v) is 4.04. The highest BCUT2D eigenvalue weighted by Crippen LogP contribution is 2.22. The molecule has 1 aromatic carbocycles. The summed E-state index contributed by atoms with van der Waals surface area (Å²) in [5.41, 5.74) is 6.86. The van der Waals surface area contributed by atoms with E-state index in [1.165, 1.54) is 0 Å². The molecule has 0 aliphatic heterocycles. The van der Waals surface area contributed by atoms with E-state index in [0.717, 1.165) is 11.3 Å². The molecule has 0 bridgehead atoms. The number of benzene rings is 1. The Bertz CT molecular complexity index is 318. The predicted octanol–water partition coefficient (Wildman–Crippen LogP) is 2.13. The van der Waals surface area contributed by atoms with Crippen molar-refractivity contribution in [3.8, 4) is 5.75 Å². The van der Waals surface area contributed by atoms with Crippen LogP contribution in [0.15, 0.2) is 24.3 Å². The van der Waals surface area contributed by atoms with Crippen LogP contribution in [0.4, 0.5) is 0 Å². The quantitative estimate of drug-likeness (QED) is 0.855. The van der Waals surface area contributed by atoms with Crippen molar-refractivity contribution in [3.05, 3.63) is 29.8 Å². The minimum absolute atomic E-state index is 0. The normalized spacial score (nSPS) is 14.1. The number of hydrogen-bond acceptors (Lipinski definition) is 3. The summed E-state index contributed by atoms with van der Waals surface area (Å²) in [5.74, 6) is 0.908. The summed E-state index contributed by atoms with van der Waals surface area (Å²) in [6, 6.07) is 7.13. The van der Waals surface area contributed by atoms with Crippen molar-refractivity contribution in [3.63, 3.8) is 0 Å². The van der Waals surface area contributed by atoms with Crippen molar-refractivity contribution in [2.75, 3.05) is 7.11 Å². The maximum absolute atomic E-state index is 9.85. The lowest BCUT2D eigenvalue weighted by molar-refractivity contribution is 0.0979. The first-order valence-corrected chi connectivity index (χ1v) is 5.14. The van der Waals surface area contributed by atoms with Crippen LogP contribution < -0.4 is 10.5 Å². The Balaban J connectivity index is 0.00000225. The van der Waals surface area contributed by atoms with Crippen LogP contribution in [-0.2, 0) is 0 Å². The van der Waals surface area contributed by atoms with Crippen LogP contribution in [-0.4, -0.2) is 18.3 Å². The number of ether oxygens (including phenoxy) is 1. The number of methoxy groups -OCH3 is 1. The predicted molar refractivity (Wildman–Crippen MR) is 68.0 cm³/mol. The zero-order valence-electron chi connectivity index (χ0n) is 9.88. The van der Waals surface area contributed by atoms with Crippen LogP contribution >= 0.6 is 12.4 Å². The second-order valence-electron chi connectivity index (χ2n) is 4.04. The number of halogens is 1. The van der Waals surface area contributed by atoms with Crippen molar-refractivity contribution >= 4 is 12.4 Å². The third kappa shape index (κ3) is 3.67. The minimum Gasteiger partial charge on any atom is -0.497 e. The Morgan fingerprint density at radius 1 is 1.31 bits per heavy atom. The van der Waals surface area contributed by atoms with E-state index in [-0.39, 0.29) is 24.4 Å². The third-order valence-electron chi connectivity index (χ3n) is 2.53. The fourth-order valence-corrected chi connectivity index (χ4v) is 1.46. The Hall–Kier alpha value is -0.770. The van der Waals surface area contributed by atoms with E-state index < -0.39 is 6.10 Å². The van der Waals surface area contributed by atoms with Crippen molar-refractivity contribution in [2.24, 2.45) is 11.7 Å². The molecule has 92 valence electrons. The van der Waals surface area contributed by atoms with Crippen molar-refractivity contribution in [1.29, 1.82) is 0 Å². The van der Waals surface area contributed by atoms with Gasteiger partial charge in [-0.15, -0.1) is 12.4 Å². The lowest BCUT2D eigenvalue weighted by Gasteiger charge is -2.22. The molecule has 4 heteroatoms. The Morgan fingerprint density at radius 3 is 2.44 bits per heavy atom. The zero-order valence-corrected chi connectivity index (χ0v) is 10.7. The summed E-state index contributed by atoms with van der Waals surface area (Å²) >= 11 is 0. The van der Waals surface area contributed by atoms with Gasteiger partial charge in [0.15, 0.2) is 0 Å². The lowest BCUT2D eigenvalue weighted by Crippen LogP contribution is -2.30. The molecule has 0 aromatic heterocycles. The first kappa shape index (κ1) is 15.2. The Morgan fingerprint density at radius 2 is 1.94 bits per heavy atom. The molecule has 0 unspecified atom stereocenters. The highest BCUT2D eigenvalue weighted by atomic mass is 35.5. The number of nitrogens with two attached hydrogens (primary N) is 1. The van der Waals surface area contributed by atoms with Crippen LogP contribution in [0.3, 0.4) is 0 Å². The number of aliphatic hydroxyl groups excluding tert-OH is 1. The smallest absolute Gasteiger partial charge is 0.119 e. The molecule has 0 saturated carbocycles. The van der Waals surface area contributed by atoms with Gasteiger partial charge in [0.1, 0.15) is 5.75 Å². The van der Waals surface area contributed by atoms with Crippen LogP contribution in [0.25, 0.3) is 0 Å². The monoisotopic (exact) mass is 245 g/mol. The number of hydrogen-bond donors (Lipinski definition) is 2. The summed E-state index contributed by atoms with van der Waals surface area (Å²) in [6.07, 6.45) is -0.530. The molecular formula is C12H20ClNO2. The van der Waals surface area contributed by atoms with Gasteiger partial charge in [-0.2, -0.15) is 0 Å². The largest absolute Gasteiger partial charge is 0.497 e. The van der Waals surface area contributed by atoms with Gasteiger partial charge in [-0.25, -0.2) is 0 Å². The van der Waals surface area contributed by atoms with E-state index in [1.807, 2.05) is 38.1 Å². The molecule has 1 rings (SSSR count). The molecule has 0 amide bonds. The highest BCUT2D eigenvalue weighted by Gasteiger charge is 2.20. The van der Waals surface area contributed by atoms with Gasteiger partial charge in [0.05, 0.1) is 19.3 Å². The molecule has 1 aromatic rings. The summed E-state index contributed by atoms with van der Waals surface area (Å²) < 4.78 is 5.11. The average molecular weight is 246 g/mol. The standard InChI is InChI=1S/C12H19NO2.ClH/c1-8(2)12(14)11(13)9-5-4-6-10(7-9)15-3;/h4-8,11-12,14H,13H2,1-3H3;1H/t11-,12+;/m1./s1. The molecule has 0 saturated heterocycles. The van der Waals surface area contributed by atoms with Crippen molar-refractivity contribution in [1.82, 2.24) is 0 Å². The lowest BCUT2D eigenvalue weighted by atomic mass is 9.94. The van der Waals surface area contributed by atoms with Gasteiger partial charge in [-0.3, -0.25) is 0 Å². The summed E-state index contributed by atoms with van der Waals surface area (Å²) in [7, 11) is 1.61. The van der Waals surface area contributed by atoms with Gasteiger partial charge < -0.3 is 15.6 Å². The van der Waals surface area contributed by atoms with Gasteiger partial charge in [0.2, 0.25) is 0 Å². The highest BCUT2D eigenvalue weighted by molar-refractivity contribution is 5.85. The summed E-state index contributed by atoms with van der Waals surface area (Å²) in [4.78, 5) is 0. The number of rotatable bonds is 4. The molecule has 16 heavy (non-hydrogen) atoms. The van der Waals surface area contributed by atoms with Crippen LogP contribution in [0.2, 0.25) is 0 Å². The van der Waals surface area contributed by atoms with E-state index in [9.17, 15) is 5.11 Å². The molecular weight excluding hydrogens is 226 g/mol. The van der Waals surface area contributed by atoms with Gasteiger partial charge in [-0.05, 0) is 23.6 Å². The average Bonchev–Trinajstić information content (AvgIpc) is 2.27. The van der Waals surface area contributed by atoms with Crippen molar-refractivity contribution < 1.29 is 9.84 Å². The first-order chi connectivity index (χ1) is 7.06. The molecule has 3 nitrogen and oxygen atoms in total. The van der Waals surface area contributed by atoms with E-state index in [1.54, 1.807) is 7.11 Å². The molecule has 0 fully saturated rings. The molecule has 0 aliphatic carbocycles. The molecule has 0 heterocycles. The van der Waals surface area contributed by atoms with Gasteiger partial charge in [0.25, 0.3) is 0 Å². The van der Waals surface area contributed by atoms with Gasteiger partial charge in [-0.1, -0.05) is 26.0 Å². The number of aliphatic hydroxyl groups is 1. The molecule has 0 radical (unpaired) electrons. The first-order valence-electron chi connectivity index (χ1n) is 5.14. The van der Waals surface area contributed by atoms with Crippen molar-refractivity contribution in [2.45, 2.75) is 26.0 Å². The SMILES string of the molecule is COc1cccc([C@@H](N)[C@@H](O)C(C)C)c1.Cl. The van der Waals surface area contributed by atoms with E-state index in [0.29, 0.717) is 0 Å². The maximum Gasteiger partial charge on any atom is 0.119 e. The van der Waals surface area contributed by atoms with Crippen LogP contribution in [0, 0.1) is 5.92 Å². The fourth-order valence-electron chi connectivity index (χ4n) is 1.46. The Labute approximate surface area is 103 Å². The molecule has 0 aliphatic rings. The topological polar surface area (TPSA) is 55.5 Å². The molecule has 0 spiro atoms. The summed E-state index contributed by atoms with van der Waals surface area (Å²) in [6.45, 7) is 3.90. The Kier molecular flexibility index (Phi) is 6.41. The molecule has 2 atom stereocenters. The minimum atomic E-state index is -0.530. The van der Waals surface area contributed by atoms with Crippen LogP contribution in [0.5, 0.6) is 5.75 Å². The van der Waals surface area contributed by atoms with E-state index in [4.69, 9.17) is 10.5 Å². The molecule has 3 N–H and O–H groups in total. The van der Waals surface area contributed by atoms with Crippen LogP contribution in [0.1, 0.15) is 25.5 Å². The summed E-state index contributed by atoms with van der Waals surface area (Å²) in [5, 5.41) is 9.85. The van der Waals surface area contributed by atoms with Gasteiger partial charge in [0, 0.05) is 0 Å². The fraction of sp³-hybridized carbons (Fsp3) is 0.500. The maximum atomic E-state index is 9.85. The van der Waals surface area contributed by atoms with E-state index >= 15 is 0 Å². The second kappa shape index (κ2) is 6.74. The third-order valence-corrected chi connectivity index (χ3v) is 2.53. The van der Waals surface area contributed by atoms with Gasteiger partial charge >= 0.3 is 0 Å². The zero-order chi connectivity index (χ0) is 11.4.